The lowest BCUT2D eigenvalue weighted by Crippen LogP contribution is -2.74. The van der Waals surface area contributed by atoms with Crippen LogP contribution < -0.4 is 4.74 Å². The Hall–Kier alpha value is -3.64. The number of hydrogen-bond donors (Lipinski definition) is 4. The Balaban J connectivity index is 1.34. The van der Waals surface area contributed by atoms with Gasteiger partial charge in [-0.1, -0.05) is 6.07 Å². The fraction of sp³-hybridized carbons (Fsp3) is 0.520. The van der Waals surface area contributed by atoms with Crippen molar-refractivity contribution in [1.29, 1.82) is 0 Å². The van der Waals surface area contributed by atoms with E-state index in [2.05, 4.69) is 9.64 Å². The van der Waals surface area contributed by atoms with Crippen molar-refractivity contribution in [2.75, 3.05) is 13.6 Å². The van der Waals surface area contributed by atoms with E-state index in [-0.39, 0.29) is 29.7 Å². The summed E-state index contributed by atoms with van der Waals surface area (Å²) in [6, 6.07) is 3.18. The second kappa shape index (κ2) is 8.73. The molecule has 1 unspecified atom stereocenters. The lowest BCUT2D eigenvalue weighted by atomic mass is 9.50. The predicted molar refractivity (Wildman–Crippen MR) is 122 cm³/mol. The molecule has 12 heteroatoms. The molecule has 198 valence electrons. The van der Waals surface area contributed by atoms with Crippen molar-refractivity contribution in [3.63, 3.8) is 0 Å². The lowest BCUT2D eigenvalue weighted by Gasteiger charge is -2.61. The van der Waals surface area contributed by atoms with E-state index in [9.17, 15) is 29.4 Å². The van der Waals surface area contributed by atoms with E-state index in [4.69, 9.17) is 19.7 Å². The van der Waals surface area contributed by atoms with E-state index in [1.54, 1.807) is 12.1 Å². The number of likely N-dealkylation sites (N-methyl/N-ethyl adjacent to an activating group) is 1. The van der Waals surface area contributed by atoms with Crippen molar-refractivity contribution in [1.82, 2.24) is 4.90 Å². The van der Waals surface area contributed by atoms with Gasteiger partial charge in [-0.15, -0.1) is 0 Å². The maximum atomic E-state index is 12.6. The lowest BCUT2D eigenvalue weighted by molar-refractivity contribution is -0.171. The zero-order valence-electron chi connectivity index (χ0n) is 20.0. The zero-order valence-corrected chi connectivity index (χ0v) is 20.0. The Bertz CT molecular complexity index is 1230. The minimum absolute atomic E-state index is 0.0648. The molecule has 1 aromatic rings. The summed E-state index contributed by atoms with van der Waals surface area (Å²) in [6.45, 7) is 0.662. The van der Waals surface area contributed by atoms with Crippen molar-refractivity contribution >= 4 is 23.9 Å². The average Bonchev–Trinajstić information content (AvgIpc) is 3.19. The van der Waals surface area contributed by atoms with E-state index in [1.165, 1.54) is 0 Å². The summed E-state index contributed by atoms with van der Waals surface area (Å²) in [5.41, 5.74) is -0.443. The van der Waals surface area contributed by atoms with Gasteiger partial charge in [-0.3, -0.25) is 14.4 Å². The van der Waals surface area contributed by atoms with Crippen LogP contribution in [0.2, 0.25) is 0 Å². The molecule has 2 aliphatic heterocycles. The average molecular weight is 517 g/mol. The highest BCUT2D eigenvalue weighted by molar-refractivity contribution is 5.84. The van der Waals surface area contributed by atoms with Gasteiger partial charge in [0.05, 0.1) is 30.3 Å². The van der Waals surface area contributed by atoms with Crippen LogP contribution in [-0.2, 0) is 40.5 Å². The third-order valence-corrected chi connectivity index (χ3v) is 8.03. The smallest absolute Gasteiger partial charge is 0.345 e. The first kappa shape index (κ1) is 25.0. The van der Waals surface area contributed by atoms with Gasteiger partial charge >= 0.3 is 23.9 Å². The van der Waals surface area contributed by atoms with Gasteiger partial charge < -0.3 is 39.5 Å². The van der Waals surface area contributed by atoms with E-state index >= 15 is 0 Å². The number of esters is 2. The molecule has 1 spiro atoms. The number of carboxylic acid groups (broad SMARTS) is 2. The number of aromatic hydroxyl groups is 1. The molecule has 0 amide bonds. The summed E-state index contributed by atoms with van der Waals surface area (Å²) in [5.74, 6) is -4.54. The highest BCUT2D eigenvalue weighted by Gasteiger charge is 2.72. The minimum atomic E-state index is -1.87. The number of piperidine rings is 1. The third kappa shape index (κ3) is 3.74. The maximum absolute atomic E-state index is 12.6. The van der Waals surface area contributed by atoms with Crippen LogP contribution >= 0.6 is 0 Å². The molecule has 0 saturated carbocycles. The van der Waals surface area contributed by atoms with E-state index in [1.807, 2.05) is 13.1 Å². The molecule has 2 aliphatic carbocycles. The second-order valence-electron chi connectivity index (χ2n) is 9.99. The number of rotatable bonds is 8. The van der Waals surface area contributed by atoms with Crippen molar-refractivity contribution in [3.05, 3.63) is 35.1 Å². The van der Waals surface area contributed by atoms with Gasteiger partial charge in [0.1, 0.15) is 5.76 Å². The number of benzene rings is 1. The normalized spacial score (nSPS) is 29.8. The van der Waals surface area contributed by atoms with Gasteiger partial charge in [-0.05, 0) is 44.1 Å². The van der Waals surface area contributed by atoms with Crippen LogP contribution in [0.5, 0.6) is 11.5 Å². The molecule has 2 bridgehead atoms. The minimum Gasteiger partial charge on any atom is -0.504 e. The highest BCUT2D eigenvalue weighted by Crippen LogP contribution is 2.65. The first-order valence-electron chi connectivity index (χ1n) is 12.0. The summed E-state index contributed by atoms with van der Waals surface area (Å²) < 4.78 is 16.4. The third-order valence-electron chi connectivity index (χ3n) is 8.03. The van der Waals surface area contributed by atoms with Crippen LogP contribution in [0, 0.1) is 0 Å². The molecule has 4 N–H and O–H groups in total. The van der Waals surface area contributed by atoms with E-state index in [0.29, 0.717) is 19.4 Å². The number of hydrogen-bond acceptors (Lipinski definition) is 10. The quantitative estimate of drug-likeness (QED) is 0.351. The number of carboxylic acids is 2. The molecule has 5 atom stereocenters. The van der Waals surface area contributed by atoms with Crippen LogP contribution in [0.1, 0.15) is 43.2 Å². The summed E-state index contributed by atoms with van der Waals surface area (Å²) in [7, 11) is 1.95. The molecule has 2 heterocycles. The summed E-state index contributed by atoms with van der Waals surface area (Å²) in [4.78, 5) is 48.6. The highest BCUT2D eigenvalue weighted by atomic mass is 16.6. The van der Waals surface area contributed by atoms with Gasteiger partial charge in [0.2, 0.25) is 6.10 Å². The van der Waals surface area contributed by atoms with Crippen LogP contribution in [0.3, 0.4) is 0 Å². The number of likely N-dealkylation sites (tertiary alicyclic amines) is 1. The number of nitrogens with zero attached hydrogens (tertiary/aromatic N) is 1. The topological polar surface area (TPSA) is 180 Å². The van der Waals surface area contributed by atoms with Crippen molar-refractivity contribution in [3.8, 4) is 11.5 Å². The Labute approximate surface area is 211 Å². The summed E-state index contributed by atoms with van der Waals surface area (Å²) >= 11 is 0. The second-order valence-corrected chi connectivity index (χ2v) is 9.99. The van der Waals surface area contributed by atoms with Crippen molar-refractivity contribution in [2.24, 2.45) is 0 Å². The standard InChI is InChI=1S/C25H27NO11/c1-26-9-8-24-20-12-2-3-13(27)21(20)37-22(24)14(6-7-25(24,34)16(26)10-12)35-18(30)4-5-19(31)36-15(23(32)33)11-17(28)29/h2-3,6,15-16,22,27,34H,4-5,7-11H2,1H3,(H,28,29)(H,32,33)/t15?,16-,22+,24+,25-/m1/s1. The molecule has 12 nitrogen and oxygen atoms in total. The molecule has 37 heavy (non-hydrogen) atoms. The number of ether oxygens (including phenoxy) is 3. The van der Waals surface area contributed by atoms with Crippen LogP contribution in [0.25, 0.3) is 0 Å². The van der Waals surface area contributed by atoms with Gasteiger partial charge in [0.25, 0.3) is 0 Å². The van der Waals surface area contributed by atoms with Crippen molar-refractivity contribution in [2.45, 2.75) is 67.8 Å². The summed E-state index contributed by atoms with van der Waals surface area (Å²) in [5, 5.41) is 40.4. The van der Waals surface area contributed by atoms with Crippen LogP contribution in [0.4, 0.5) is 0 Å². The van der Waals surface area contributed by atoms with Gasteiger partial charge in [0, 0.05) is 18.0 Å². The molecular formula is C25H27NO11. The van der Waals surface area contributed by atoms with E-state index in [0.717, 1.165) is 11.1 Å². The van der Waals surface area contributed by atoms with E-state index < -0.39 is 66.4 Å². The first-order valence-corrected chi connectivity index (χ1v) is 12.0. The SMILES string of the molecule is CN1CC[C@]23c4c5ccc(O)c4O[C@H]2C(OC(=O)CCC(=O)OC(CC(=O)O)C(=O)O)=CC[C@@]3(O)[C@H]1C5. The fourth-order valence-electron chi connectivity index (χ4n) is 6.38. The predicted octanol–water partition coefficient (Wildman–Crippen LogP) is 0.464. The largest absolute Gasteiger partial charge is 0.504 e. The molecule has 5 rings (SSSR count). The molecule has 1 saturated heterocycles. The molecular weight excluding hydrogens is 490 g/mol. The van der Waals surface area contributed by atoms with Crippen LogP contribution in [0.15, 0.2) is 24.0 Å². The van der Waals surface area contributed by atoms with Gasteiger partial charge in [-0.2, -0.15) is 0 Å². The number of carbonyl (C=O) groups excluding carboxylic acids is 2. The Kier molecular flexibility index (Phi) is 5.91. The monoisotopic (exact) mass is 517 g/mol. The van der Waals surface area contributed by atoms with Crippen molar-refractivity contribution < 1.29 is 53.8 Å². The molecule has 1 fully saturated rings. The molecule has 0 aromatic heterocycles. The number of carbonyl (C=O) groups is 4. The number of aliphatic carboxylic acids is 2. The molecule has 1 aromatic carbocycles. The molecule has 4 aliphatic rings. The van der Waals surface area contributed by atoms with Gasteiger partial charge in [-0.25, -0.2) is 4.79 Å². The summed E-state index contributed by atoms with van der Waals surface area (Å²) in [6.07, 6.45) is -1.73. The molecule has 0 radical (unpaired) electrons. The number of phenols is 1. The van der Waals surface area contributed by atoms with Gasteiger partial charge in [0.15, 0.2) is 17.6 Å². The van der Waals surface area contributed by atoms with Crippen LogP contribution in [-0.4, -0.2) is 86.6 Å². The maximum Gasteiger partial charge on any atom is 0.345 e. The zero-order chi connectivity index (χ0) is 26.7. The Morgan fingerprint density at radius 2 is 1.92 bits per heavy atom. The number of phenolic OH excluding ortho intramolecular Hbond substituents is 1. The first-order chi connectivity index (χ1) is 17.5. The fourth-order valence-corrected chi connectivity index (χ4v) is 6.38. The Morgan fingerprint density at radius 3 is 2.62 bits per heavy atom. The number of aliphatic hydroxyl groups is 1. The Morgan fingerprint density at radius 1 is 1.19 bits per heavy atom.